The second kappa shape index (κ2) is 6.65. The molecule has 7 nitrogen and oxygen atoms in total. The zero-order valence-corrected chi connectivity index (χ0v) is 14.1. The highest BCUT2D eigenvalue weighted by Crippen LogP contribution is 2.42. The molecule has 152 valence electrons. The molecule has 0 aliphatic heterocycles. The molecule has 0 saturated heterocycles. The van der Waals surface area contributed by atoms with E-state index < -0.39 is 42.5 Å². The van der Waals surface area contributed by atoms with Gasteiger partial charge in [0.05, 0.1) is 0 Å². The largest absolute Gasteiger partial charge is 0.463 e. The second-order valence-electron chi connectivity index (χ2n) is 5.96. The minimum Gasteiger partial charge on any atom is -0.463 e. The van der Waals surface area contributed by atoms with Gasteiger partial charge in [-0.05, 0) is 31.2 Å². The fourth-order valence-electron chi connectivity index (χ4n) is 2.49. The summed E-state index contributed by atoms with van der Waals surface area (Å²) in [5.74, 6) is -2.02. The first-order chi connectivity index (χ1) is 12.9. The Labute approximate surface area is 153 Å². The summed E-state index contributed by atoms with van der Waals surface area (Å²) in [6.45, 7) is 0.965. The molecule has 0 aromatic carbocycles. The number of hydrogen-bond donors (Lipinski definition) is 2. The van der Waals surface area contributed by atoms with Crippen molar-refractivity contribution < 1.29 is 35.9 Å². The number of anilines is 1. The predicted octanol–water partition coefficient (Wildman–Crippen LogP) is 3.30. The molecule has 2 N–H and O–H groups in total. The SMILES string of the molecule is Cc1ccc([C@](O)(CCNc2ccc3nnc(C(F)(F)F)n3n2)C(F)(F)F)o1. The fourth-order valence-corrected chi connectivity index (χ4v) is 2.49. The summed E-state index contributed by atoms with van der Waals surface area (Å²) in [5, 5.41) is 22.6. The minimum absolute atomic E-state index is 0.155. The van der Waals surface area contributed by atoms with E-state index in [-0.39, 0.29) is 17.2 Å². The van der Waals surface area contributed by atoms with Crippen molar-refractivity contribution in [1.29, 1.82) is 0 Å². The zero-order chi connectivity index (χ0) is 20.7. The molecule has 0 aliphatic rings. The quantitative estimate of drug-likeness (QED) is 0.629. The van der Waals surface area contributed by atoms with Gasteiger partial charge in [0, 0.05) is 13.0 Å². The van der Waals surface area contributed by atoms with E-state index in [2.05, 4.69) is 20.6 Å². The summed E-state index contributed by atoms with van der Waals surface area (Å²) in [4.78, 5) is 0. The van der Waals surface area contributed by atoms with E-state index in [0.29, 0.717) is 4.52 Å². The van der Waals surface area contributed by atoms with Gasteiger partial charge in [-0.15, -0.1) is 15.3 Å². The first-order valence-corrected chi connectivity index (χ1v) is 7.81. The smallest absolute Gasteiger partial charge is 0.453 e. The van der Waals surface area contributed by atoms with Gasteiger partial charge in [-0.25, -0.2) is 0 Å². The Kier molecular flexibility index (Phi) is 4.73. The Morgan fingerprint density at radius 3 is 2.36 bits per heavy atom. The average Bonchev–Trinajstić information content (AvgIpc) is 3.19. The number of rotatable bonds is 5. The number of aliphatic hydroxyl groups is 1. The van der Waals surface area contributed by atoms with Crippen LogP contribution in [0.25, 0.3) is 5.65 Å². The lowest BCUT2D eigenvalue weighted by molar-refractivity contribution is -0.274. The second-order valence-corrected chi connectivity index (χ2v) is 5.96. The predicted molar refractivity (Wildman–Crippen MR) is 82.3 cm³/mol. The van der Waals surface area contributed by atoms with Crippen LogP contribution in [0.1, 0.15) is 23.8 Å². The molecule has 0 aliphatic carbocycles. The number of nitrogens with zero attached hydrogens (tertiary/aromatic N) is 4. The van der Waals surface area contributed by atoms with Crippen LogP contribution in [0.15, 0.2) is 28.7 Å². The molecule has 3 heterocycles. The number of furan rings is 1. The number of aromatic nitrogens is 4. The van der Waals surface area contributed by atoms with Crippen LogP contribution >= 0.6 is 0 Å². The van der Waals surface area contributed by atoms with E-state index in [0.717, 1.165) is 6.07 Å². The number of aryl methyl sites for hydroxylation is 1. The molecule has 0 spiro atoms. The van der Waals surface area contributed by atoms with Crippen molar-refractivity contribution in [2.75, 3.05) is 11.9 Å². The Morgan fingerprint density at radius 2 is 1.79 bits per heavy atom. The lowest BCUT2D eigenvalue weighted by Crippen LogP contribution is -2.43. The number of fused-ring (bicyclic) bond motifs is 1. The van der Waals surface area contributed by atoms with Crippen molar-refractivity contribution >= 4 is 11.5 Å². The molecule has 3 rings (SSSR count). The van der Waals surface area contributed by atoms with Crippen LogP contribution in [0.4, 0.5) is 32.2 Å². The maximum Gasteiger partial charge on any atom is 0.453 e. The molecular formula is C15H13F6N5O2. The Balaban J connectivity index is 1.79. The van der Waals surface area contributed by atoms with Crippen LogP contribution in [-0.2, 0) is 11.8 Å². The van der Waals surface area contributed by atoms with Gasteiger partial charge in [0.1, 0.15) is 17.3 Å². The highest BCUT2D eigenvalue weighted by Gasteiger charge is 2.56. The molecule has 0 fully saturated rings. The van der Waals surface area contributed by atoms with E-state index in [1.807, 2.05) is 0 Å². The van der Waals surface area contributed by atoms with Gasteiger partial charge in [-0.2, -0.15) is 30.9 Å². The molecule has 1 atom stereocenters. The van der Waals surface area contributed by atoms with E-state index in [9.17, 15) is 31.4 Å². The Hall–Kier alpha value is -2.83. The minimum atomic E-state index is -5.03. The van der Waals surface area contributed by atoms with Crippen LogP contribution in [-0.4, -0.2) is 37.6 Å². The zero-order valence-electron chi connectivity index (χ0n) is 14.1. The Morgan fingerprint density at radius 1 is 1.07 bits per heavy atom. The van der Waals surface area contributed by atoms with E-state index in [4.69, 9.17) is 4.42 Å². The molecule has 3 aromatic heterocycles. The van der Waals surface area contributed by atoms with Crippen LogP contribution in [0.3, 0.4) is 0 Å². The molecule has 28 heavy (non-hydrogen) atoms. The van der Waals surface area contributed by atoms with Crippen LogP contribution < -0.4 is 5.32 Å². The molecule has 0 unspecified atom stereocenters. The molecule has 0 bridgehead atoms. The number of nitrogens with one attached hydrogen (secondary N) is 1. The van der Waals surface area contributed by atoms with Gasteiger partial charge in [-0.3, -0.25) is 0 Å². The van der Waals surface area contributed by atoms with Crippen molar-refractivity contribution in [2.24, 2.45) is 0 Å². The summed E-state index contributed by atoms with van der Waals surface area (Å²) in [6, 6.07) is 4.69. The lowest BCUT2D eigenvalue weighted by Gasteiger charge is -2.28. The normalized spacial score (nSPS) is 15.0. The van der Waals surface area contributed by atoms with E-state index in [1.54, 1.807) is 0 Å². The van der Waals surface area contributed by atoms with E-state index >= 15 is 0 Å². The third-order valence-electron chi connectivity index (χ3n) is 3.93. The van der Waals surface area contributed by atoms with Gasteiger partial charge in [0.25, 0.3) is 5.82 Å². The number of alkyl halides is 6. The van der Waals surface area contributed by atoms with Crippen molar-refractivity contribution in [3.63, 3.8) is 0 Å². The topological polar surface area (TPSA) is 88.5 Å². The molecule has 0 amide bonds. The van der Waals surface area contributed by atoms with Crippen molar-refractivity contribution in [3.05, 3.63) is 41.6 Å². The molecule has 0 saturated carbocycles. The van der Waals surface area contributed by atoms with E-state index in [1.165, 1.54) is 25.1 Å². The summed E-state index contributed by atoms with van der Waals surface area (Å²) >= 11 is 0. The fraction of sp³-hybridized carbons (Fsp3) is 0.400. The summed E-state index contributed by atoms with van der Waals surface area (Å²) in [7, 11) is 0. The summed E-state index contributed by atoms with van der Waals surface area (Å²) < 4.78 is 84.1. The lowest BCUT2D eigenvalue weighted by atomic mass is 9.96. The molecule has 0 radical (unpaired) electrons. The summed E-state index contributed by atoms with van der Waals surface area (Å²) in [5.41, 5.74) is -3.46. The van der Waals surface area contributed by atoms with Crippen molar-refractivity contribution in [2.45, 2.75) is 31.3 Å². The van der Waals surface area contributed by atoms with Gasteiger partial charge >= 0.3 is 12.4 Å². The Bertz CT molecular complexity index is 979. The van der Waals surface area contributed by atoms with Gasteiger partial charge in [0.2, 0.25) is 5.60 Å². The number of halogens is 6. The van der Waals surface area contributed by atoms with Crippen LogP contribution in [0, 0.1) is 6.92 Å². The maximum atomic E-state index is 13.4. The molecular weight excluding hydrogens is 396 g/mol. The van der Waals surface area contributed by atoms with Gasteiger partial charge in [0.15, 0.2) is 5.65 Å². The first-order valence-electron chi connectivity index (χ1n) is 7.81. The molecule has 13 heteroatoms. The average molecular weight is 409 g/mol. The van der Waals surface area contributed by atoms with Crippen molar-refractivity contribution in [1.82, 2.24) is 19.8 Å². The maximum absolute atomic E-state index is 13.4. The molecule has 3 aromatic rings. The monoisotopic (exact) mass is 409 g/mol. The third-order valence-corrected chi connectivity index (χ3v) is 3.93. The van der Waals surface area contributed by atoms with Crippen molar-refractivity contribution in [3.8, 4) is 0 Å². The van der Waals surface area contributed by atoms with Gasteiger partial charge < -0.3 is 14.8 Å². The highest BCUT2D eigenvalue weighted by atomic mass is 19.4. The standard InChI is InChI=1S/C15H13F6N5O2/c1-8-2-3-9(28-8)13(27,15(19,20)21)6-7-22-10-4-5-11-23-24-12(14(16,17)18)26(11)25-10/h2-5,27H,6-7H2,1H3,(H,22,25)/t13-/m1/s1. The number of hydrogen-bond acceptors (Lipinski definition) is 6. The van der Waals surface area contributed by atoms with Crippen LogP contribution in [0.5, 0.6) is 0 Å². The van der Waals surface area contributed by atoms with Gasteiger partial charge in [-0.1, -0.05) is 0 Å². The van der Waals surface area contributed by atoms with Crippen LogP contribution in [0.2, 0.25) is 0 Å². The first kappa shape index (κ1) is 19.9. The highest BCUT2D eigenvalue weighted by molar-refractivity contribution is 5.44. The third kappa shape index (κ3) is 3.61. The summed E-state index contributed by atoms with van der Waals surface area (Å²) in [6.07, 6.45) is -10.7.